The van der Waals surface area contributed by atoms with E-state index < -0.39 is 11.5 Å². The van der Waals surface area contributed by atoms with Crippen LogP contribution in [0.3, 0.4) is 0 Å². The summed E-state index contributed by atoms with van der Waals surface area (Å²) in [6.45, 7) is 11.0. The molecular weight excluding hydrogens is 380 g/mol. The Balaban J connectivity index is 1.30. The van der Waals surface area contributed by atoms with Crippen LogP contribution in [0.25, 0.3) is 0 Å². The van der Waals surface area contributed by atoms with Gasteiger partial charge in [-0.1, -0.05) is 38.8 Å². The summed E-state index contributed by atoms with van der Waals surface area (Å²) in [6.07, 6.45) is 5.90. The number of aryl methyl sites for hydroxylation is 2. The zero-order valence-corrected chi connectivity index (χ0v) is 18.4. The summed E-state index contributed by atoms with van der Waals surface area (Å²) < 4.78 is 8.30. The third kappa shape index (κ3) is 2.77. The monoisotopic (exact) mass is 412 g/mol. The Hall–Kier alpha value is -2.15. The lowest BCUT2D eigenvalue weighted by Gasteiger charge is -2.42. The fourth-order valence-corrected chi connectivity index (χ4v) is 5.89. The van der Waals surface area contributed by atoms with E-state index >= 15 is 0 Å². The second-order valence-electron chi connectivity index (χ2n) is 9.57. The summed E-state index contributed by atoms with van der Waals surface area (Å²) in [6, 6.07) is 2.28. The van der Waals surface area contributed by atoms with E-state index in [1.807, 2.05) is 33.6 Å². The lowest BCUT2D eigenvalue weighted by molar-refractivity contribution is -0.148. The van der Waals surface area contributed by atoms with Gasteiger partial charge in [-0.15, -0.1) is 0 Å². The van der Waals surface area contributed by atoms with Crippen LogP contribution in [0.4, 0.5) is 0 Å². The number of fused-ring (bicyclic) bond motifs is 1. The normalized spacial score (nSPS) is 32.4. The van der Waals surface area contributed by atoms with Gasteiger partial charge >= 0.3 is 0 Å². The molecule has 162 valence electrons. The molecule has 2 amide bonds. The average molecular weight is 413 g/mol. The van der Waals surface area contributed by atoms with Gasteiger partial charge < -0.3 is 14.5 Å². The molecule has 0 aromatic carbocycles. The fraction of sp³-hybridized carbons (Fsp3) is 0.696. The second kappa shape index (κ2) is 6.94. The van der Waals surface area contributed by atoms with Crippen LogP contribution in [0.5, 0.6) is 0 Å². The van der Waals surface area contributed by atoms with E-state index in [2.05, 4.69) is 31.9 Å². The van der Waals surface area contributed by atoms with Gasteiger partial charge in [-0.3, -0.25) is 14.3 Å². The molecule has 7 nitrogen and oxygen atoms in total. The number of aromatic nitrogens is 2. The number of ether oxygens (including phenoxy) is 1. The Morgan fingerprint density at radius 2 is 2.03 bits per heavy atom. The van der Waals surface area contributed by atoms with Gasteiger partial charge in [0.1, 0.15) is 5.60 Å². The smallest absolute Gasteiger partial charge is 0.230 e. The third-order valence-corrected chi connectivity index (χ3v) is 7.66. The Kier molecular flexibility index (Phi) is 4.58. The van der Waals surface area contributed by atoms with Crippen LogP contribution in [0.15, 0.2) is 18.2 Å². The number of carbonyl (C=O) groups excluding carboxylic acids is 2. The molecule has 1 aromatic heterocycles. The first-order chi connectivity index (χ1) is 14.4. The first-order valence-corrected chi connectivity index (χ1v) is 11.3. The predicted molar refractivity (Wildman–Crippen MR) is 112 cm³/mol. The Bertz CT molecular complexity index is 898. The van der Waals surface area contributed by atoms with Gasteiger partial charge in [0.25, 0.3) is 0 Å². The van der Waals surface area contributed by atoms with Gasteiger partial charge in [0, 0.05) is 25.3 Å². The third-order valence-electron chi connectivity index (χ3n) is 7.66. The first-order valence-electron chi connectivity index (χ1n) is 11.3. The molecule has 0 N–H and O–H groups in total. The topological polar surface area (TPSA) is 67.7 Å². The highest BCUT2D eigenvalue weighted by Gasteiger charge is 2.67. The molecule has 1 aromatic rings. The molecule has 4 aliphatic rings. The highest BCUT2D eigenvalue weighted by molar-refractivity contribution is 5.93. The maximum absolute atomic E-state index is 13.4. The van der Waals surface area contributed by atoms with Crippen molar-refractivity contribution in [3.8, 4) is 0 Å². The standard InChI is InChI=1S/C23H32N4O3/c1-5-16(6-2)10-26-13-23-8-7-18(30-23)19(20(23)22(26)29)21(28)25-11-17(12-25)27-15(4)9-14(3)24-27/h7-9,16-20H,5-6,10-13H2,1-4H3/t18-,19-,20+,23-/m0/s1. The van der Waals surface area contributed by atoms with Gasteiger partial charge in [0.15, 0.2) is 0 Å². The van der Waals surface area contributed by atoms with Crippen LogP contribution in [-0.4, -0.2) is 69.3 Å². The molecule has 2 bridgehead atoms. The van der Waals surface area contributed by atoms with E-state index in [1.54, 1.807) is 0 Å². The zero-order valence-electron chi connectivity index (χ0n) is 18.4. The zero-order chi connectivity index (χ0) is 21.2. The van der Waals surface area contributed by atoms with Crippen LogP contribution in [0, 0.1) is 31.6 Å². The van der Waals surface area contributed by atoms with Crippen LogP contribution < -0.4 is 0 Å². The van der Waals surface area contributed by atoms with Crippen molar-refractivity contribution in [3.63, 3.8) is 0 Å². The lowest BCUT2D eigenvalue weighted by Crippen LogP contribution is -2.56. The largest absolute Gasteiger partial charge is 0.360 e. The average Bonchev–Trinajstić information content (AvgIpc) is 3.39. The van der Waals surface area contributed by atoms with Crippen LogP contribution in [0.2, 0.25) is 0 Å². The van der Waals surface area contributed by atoms with Crippen molar-refractivity contribution in [3.05, 3.63) is 29.6 Å². The van der Waals surface area contributed by atoms with Crippen molar-refractivity contribution < 1.29 is 14.3 Å². The van der Waals surface area contributed by atoms with E-state index in [1.165, 1.54) is 0 Å². The number of hydrogen-bond donors (Lipinski definition) is 0. The van der Waals surface area contributed by atoms with Crippen LogP contribution >= 0.6 is 0 Å². The highest BCUT2D eigenvalue weighted by Crippen LogP contribution is 2.52. The molecule has 0 aliphatic carbocycles. The molecule has 5 rings (SSSR count). The van der Waals surface area contributed by atoms with Crippen molar-refractivity contribution in [1.29, 1.82) is 0 Å². The van der Waals surface area contributed by atoms with Gasteiger partial charge in [0.2, 0.25) is 11.8 Å². The van der Waals surface area contributed by atoms with E-state index in [9.17, 15) is 9.59 Å². The molecule has 5 heterocycles. The number of hydrogen-bond acceptors (Lipinski definition) is 4. The lowest BCUT2D eigenvalue weighted by atomic mass is 9.76. The summed E-state index contributed by atoms with van der Waals surface area (Å²) in [5, 5.41) is 4.56. The van der Waals surface area contributed by atoms with E-state index in [-0.39, 0.29) is 29.9 Å². The van der Waals surface area contributed by atoms with Gasteiger partial charge in [0.05, 0.1) is 36.2 Å². The minimum absolute atomic E-state index is 0.0618. The maximum atomic E-state index is 13.4. The van der Waals surface area contributed by atoms with Crippen molar-refractivity contribution >= 4 is 11.8 Å². The molecular formula is C23H32N4O3. The molecule has 4 aliphatic heterocycles. The van der Waals surface area contributed by atoms with Crippen LogP contribution in [0.1, 0.15) is 44.1 Å². The summed E-state index contributed by atoms with van der Waals surface area (Å²) >= 11 is 0. The number of nitrogens with zero attached hydrogens (tertiary/aromatic N) is 4. The van der Waals surface area contributed by atoms with Crippen molar-refractivity contribution in [1.82, 2.24) is 19.6 Å². The Morgan fingerprint density at radius 3 is 2.67 bits per heavy atom. The fourth-order valence-electron chi connectivity index (χ4n) is 5.89. The molecule has 0 saturated carbocycles. The molecule has 30 heavy (non-hydrogen) atoms. The van der Waals surface area contributed by atoms with Crippen molar-refractivity contribution in [2.45, 2.75) is 58.3 Å². The minimum atomic E-state index is -0.603. The summed E-state index contributed by atoms with van der Waals surface area (Å²) in [5.74, 6) is -0.108. The maximum Gasteiger partial charge on any atom is 0.230 e. The number of likely N-dealkylation sites (tertiary alicyclic amines) is 2. The second-order valence-corrected chi connectivity index (χ2v) is 9.57. The molecule has 0 unspecified atom stereocenters. The molecule has 3 saturated heterocycles. The number of carbonyl (C=O) groups is 2. The molecule has 0 radical (unpaired) electrons. The molecule has 7 heteroatoms. The SMILES string of the molecule is CCC(CC)CN1C[C@]23C=C[C@H](O2)[C@H](C(=O)N2CC(n4nc(C)cc4C)C2)[C@@H]3C1=O. The molecule has 3 fully saturated rings. The van der Waals surface area contributed by atoms with E-state index in [4.69, 9.17) is 4.74 Å². The van der Waals surface area contributed by atoms with Gasteiger partial charge in [-0.25, -0.2) is 0 Å². The molecule has 4 atom stereocenters. The number of amides is 2. The quantitative estimate of drug-likeness (QED) is 0.671. The van der Waals surface area contributed by atoms with Crippen molar-refractivity contribution in [2.24, 2.45) is 17.8 Å². The predicted octanol–water partition coefficient (Wildman–Crippen LogP) is 2.10. The van der Waals surface area contributed by atoms with E-state index in [0.717, 1.165) is 30.8 Å². The van der Waals surface area contributed by atoms with Gasteiger partial charge in [-0.2, -0.15) is 5.10 Å². The van der Waals surface area contributed by atoms with Gasteiger partial charge in [-0.05, 0) is 25.8 Å². The minimum Gasteiger partial charge on any atom is -0.360 e. The van der Waals surface area contributed by atoms with Crippen LogP contribution in [-0.2, 0) is 14.3 Å². The van der Waals surface area contributed by atoms with Crippen molar-refractivity contribution in [2.75, 3.05) is 26.2 Å². The van der Waals surface area contributed by atoms with E-state index in [0.29, 0.717) is 25.6 Å². The highest BCUT2D eigenvalue weighted by atomic mass is 16.5. The summed E-state index contributed by atoms with van der Waals surface area (Å²) in [4.78, 5) is 30.6. The number of rotatable bonds is 6. The Labute approximate surface area is 178 Å². The molecule has 1 spiro atoms. The first kappa shape index (κ1) is 19.8. The Morgan fingerprint density at radius 1 is 1.30 bits per heavy atom. The summed E-state index contributed by atoms with van der Waals surface area (Å²) in [7, 11) is 0. The summed E-state index contributed by atoms with van der Waals surface area (Å²) in [5.41, 5.74) is 1.52.